The zero-order valence-electron chi connectivity index (χ0n) is 13.1. The lowest BCUT2D eigenvalue weighted by atomic mass is 10.2. The van der Waals surface area contributed by atoms with Gasteiger partial charge in [0.1, 0.15) is 0 Å². The van der Waals surface area contributed by atoms with Crippen molar-refractivity contribution in [2.75, 3.05) is 26.2 Å². The molecule has 1 aliphatic carbocycles. The van der Waals surface area contributed by atoms with E-state index in [4.69, 9.17) is 0 Å². The van der Waals surface area contributed by atoms with E-state index >= 15 is 0 Å². The van der Waals surface area contributed by atoms with Crippen LogP contribution in [0, 0.1) is 0 Å². The second kappa shape index (κ2) is 6.98. The Kier molecular flexibility index (Phi) is 4.99. The Balaban J connectivity index is 1.69. The molecule has 23 heavy (non-hydrogen) atoms. The quantitative estimate of drug-likeness (QED) is 0.857. The van der Waals surface area contributed by atoms with Gasteiger partial charge < -0.3 is 10.2 Å². The molecule has 1 aliphatic heterocycles. The van der Waals surface area contributed by atoms with Crippen LogP contribution in [-0.2, 0) is 10.0 Å². The van der Waals surface area contributed by atoms with Crippen molar-refractivity contribution in [3.8, 4) is 0 Å². The number of nitrogens with one attached hydrogen (secondary N) is 2. The third kappa shape index (κ3) is 3.91. The van der Waals surface area contributed by atoms with Gasteiger partial charge in [0.25, 0.3) is 5.91 Å². The molecule has 126 valence electrons. The summed E-state index contributed by atoms with van der Waals surface area (Å²) in [7, 11) is -3.50. The molecule has 6 nitrogen and oxygen atoms in total. The predicted octanol–water partition coefficient (Wildman–Crippen LogP) is 0.953. The van der Waals surface area contributed by atoms with Crippen LogP contribution in [0.25, 0.3) is 0 Å². The van der Waals surface area contributed by atoms with Gasteiger partial charge in [-0.25, -0.2) is 13.1 Å². The average Bonchev–Trinajstić information content (AvgIpc) is 3.07. The second-order valence-corrected chi connectivity index (χ2v) is 7.88. The molecule has 0 unspecified atom stereocenters. The smallest absolute Gasteiger partial charge is 0.253 e. The molecule has 3 rings (SSSR count). The molecule has 1 heterocycles. The van der Waals surface area contributed by atoms with Crippen LogP contribution in [0.2, 0.25) is 0 Å². The van der Waals surface area contributed by atoms with Crippen LogP contribution < -0.4 is 10.0 Å². The summed E-state index contributed by atoms with van der Waals surface area (Å²) in [6.45, 7) is 2.96. The Labute approximate surface area is 137 Å². The maximum absolute atomic E-state index is 12.4. The van der Waals surface area contributed by atoms with E-state index in [1.165, 1.54) is 12.1 Å². The van der Waals surface area contributed by atoms with Crippen LogP contribution in [-0.4, -0.2) is 51.4 Å². The molecule has 0 radical (unpaired) electrons. The predicted molar refractivity (Wildman–Crippen MR) is 87.8 cm³/mol. The molecule has 1 saturated heterocycles. The minimum Gasteiger partial charge on any atom is -0.336 e. The van der Waals surface area contributed by atoms with Crippen molar-refractivity contribution in [1.82, 2.24) is 14.9 Å². The maximum Gasteiger partial charge on any atom is 0.253 e. The Morgan fingerprint density at radius 3 is 2.30 bits per heavy atom. The van der Waals surface area contributed by atoms with E-state index in [0.717, 1.165) is 38.8 Å². The standard InChI is InChI=1S/C16H23N3O3S/c20-16(19-11-9-17-10-12-19)13-5-7-15(8-6-13)23(21,22)18-14-3-1-2-4-14/h5-8,14,17-18H,1-4,9-12H2. The molecule has 0 atom stereocenters. The molecular weight excluding hydrogens is 314 g/mol. The summed E-state index contributed by atoms with van der Waals surface area (Å²) in [5, 5.41) is 3.20. The first-order valence-corrected chi connectivity index (χ1v) is 9.67. The molecular formula is C16H23N3O3S. The summed E-state index contributed by atoms with van der Waals surface area (Å²) in [5.41, 5.74) is 0.534. The third-order valence-corrected chi connectivity index (χ3v) is 6.03. The van der Waals surface area contributed by atoms with Gasteiger partial charge in [-0.3, -0.25) is 4.79 Å². The maximum atomic E-state index is 12.4. The van der Waals surface area contributed by atoms with Gasteiger partial charge in [0.15, 0.2) is 0 Å². The van der Waals surface area contributed by atoms with Crippen molar-refractivity contribution in [1.29, 1.82) is 0 Å². The zero-order valence-corrected chi connectivity index (χ0v) is 13.9. The Hall–Kier alpha value is -1.44. The number of rotatable bonds is 4. The van der Waals surface area contributed by atoms with Gasteiger partial charge in [-0.15, -0.1) is 0 Å². The van der Waals surface area contributed by atoms with Crippen molar-refractivity contribution in [3.05, 3.63) is 29.8 Å². The van der Waals surface area contributed by atoms with E-state index in [9.17, 15) is 13.2 Å². The van der Waals surface area contributed by atoms with Crippen LogP contribution in [0.4, 0.5) is 0 Å². The van der Waals surface area contributed by atoms with Crippen LogP contribution in [0.3, 0.4) is 0 Å². The van der Waals surface area contributed by atoms with Gasteiger partial charge in [-0.2, -0.15) is 0 Å². The van der Waals surface area contributed by atoms with Gasteiger partial charge in [-0.05, 0) is 37.1 Å². The number of benzene rings is 1. The highest BCUT2D eigenvalue weighted by molar-refractivity contribution is 7.89. The molecule has 2 fully saturated rings. The summed E-state index contributed by atoms with van der Waals surface area (Å²) in [6, 6.07) is 6.29. The number of carbonyl (C=O) groups excluding carboxylic acids is 1. The average molecular weight is 337 g/mol. The molecule has 2 aliphatic rings. The molecule has 0 aromatic heterocycles. The topological polar surface area (TPSA) is 78.5 Å². The number of piperazine rings is 1. The summed E-state index contributed by atoms with van der Waals surface area (Å²) in [5.74, 6) is -0.0424. The summed E-state index contributed by atoms with van der Waals surface area (Å²) in [4.78, 5) is 14.4. The number of hydrogen-bond donors (Lipinski definition) is 2. The molecule has 1 amide bonds. The summed E-state index contributed by atoms with van der Waals surface area (Å²) in [6.07, 6.45) is 3.95. The number of amides is 1. The third-order valence-electron chi connectivity index (χ3n) is 4.49. The SMILES string of the molecule is O=C(c1ccc(S(=O)(=O)NC2CCCC2)cc1)N1CCNCC1. The van der Waals surface area contributed by atoms with Crippen molar-refractivity contribution < 1.29 is 13.2 Å². The van der Waals surface area contributed by atoms with E-state index in [2.05, 4.69) is 10.0 Å². The van der Waals surface area contributed by atoms with E-state index in [0.29, 0.717) is 18.7 Å². The largest absolute Gasteiger partial charge is 0.336 e. The van der Waals surface area contributed by atoms with E-state index in [1.807, 2.05) is 0 Å². The first kappa shape index (κ1) is 16.4. The monoisotopic (exact) mass is 337 g/mol. The fraction of sp³-hybridized carbons (Fsp3) is 0.562. The fourth-order valence-electron chi connectivity index (χ4n) is 3.16. The minimum atomic E-state index is -3.50. The molecule has 0 spiro atoms. The molecule has 1 aromatic rings. The van der Waals surface area contributed by atoms with Gasteiger partial charge in [0.05, 0.1) is 4.90 Å². The number of nitrogens with zero attached hydrogens (tertiary/aromatic N) is 1. The minimum absolute atomic E-state index is 0.0424. The Morgan fingerprint density at radius 1 is 1.09 bits per heavy atom. The van der Waals surface area contributed by atoms with Crippen LogP contribution in [0.15, 0.2) is 29.2 Å². The normalized spacial score (nSPS) is 19.9. The highest BCUT2D eigenvalue weighted by Gasteiger charge is 2.23. The van der Waals surface area contributed by atoms with E-state index in [-0.39, 0.29) is 16.8 Å². The van der Waals surface area contributed by atoms with Gasteiger partial charge in [0.2, 0.25) is 10.0 Å². The van der Waals surface area contributed by atoms with Crippen LogP contribution >= 0.6 is 0 Å². The van der Waals surface area contributed by atoms with Crippen LogP contribution in [0.1, 0.15) is 36.0 Å². The van der Waals surface area contributed by atoms with Crippen molar-refractivity contribution in [3.63, 3.8) is 0 Å². The lowest BCUT2D eigenvalue weighted by molar-refractivity contribution is 0.0735. The van der Waals surface area contributed by atoms with E-state index in [1.54, 1.807) is 17.0 Å². The molecule has 7 heteroatoms. The highest BCUT2D eigenvalue weighted by Crippen LogP contribution is 2.20. The van der Waals surface area contributed by atoms with Crippen LogP contribution in [0.5, 0.6) is 0 Å². The van der Waals surface area contributed by atoms with E-state index < -0.39 is 10.0 Å². The second-order valence-electron chi connectivity index (χ2n) is 6.17. The summed E-state index contributed by atoms with van der Waals surface area (Å²) < 4.78 is 27.5. The first-order valence-electron chi connectivity index (χ1n) is 8.19. The van der Waals surface area contributed by atoms with Gasteiger partial charge in [-0.1, -0.05) is 12.8 Å². The molecule has 2 N–H and O–H groups in total. The lowest BCUT2D eigenvalue weighted by Gasteiger charge is -2.27. The van der Waals surface area contributed by atoms with Gasteiger partial charge >= 0.3 is 0 Å². The van der Waals surface area contributed by atoms with Crippen molar-refractivity contribution in [2.45, 2.75) is 36.6 Å². The molecule has 0 bridgehead atoms. The number of hydrogen-bond acceptors (Lipinski definition) is 4. The number of carbonyl (C=O) groups is 1. The fourth-order valence-corrected chi connectivity index (χ4v) is 4.46. The number of sulfonamides is 1. The zero-order chi connectivity index (χ0) is 16.3. The summed E-state index contributed by atoms with van der Waals surface area (Å²) >= 11 is 0. The highest BCUT2D eigenvalue weighted by atomic mass is 32.2. The van der Waals surface area contributed by atoms with Gasteiger partial charge in [0, 0.05) is 37.8 Å². The van der Waals surface area contributed by atoms with Crippen molar-refractivity contribution in [2.24, 2.45) is 0 Å². The Morgan fingerprint density at radius 2 is 1.70 bits per heavy atom. The lowest BCUT2D eigenvalue weighted by Crippen LogP contribution is -2.46. The molecule has 1 saturated carbocycles. The molecule has 1 aromatic carbocycles. The van der Waals surface area contributed by atoms with Crippen molar-refractivity contribution >= 4 is 15.9 Å². The Bertz CT molecular complexity index is 646. The first-order chi connectivity index (χ1) is 11.1.